The van der Waals surface area contributed by atoms with Crippen molar-refractivity contribution in [1.29, 1.82) is 0 Å². The van der Waals surface area contributed by atoms with Gasteiger partial charge in [0.1, 0.15) is 22.7 Å². The standard InChI is InChI=1S/C70H91NO5P2/c1-63(2,3)43-34-49(59(53(38-43)67(13,14)15)73-77-42-58(72)48-32-28-29-33-57(48)71(77)47-30-26-25-27-31-47)50-35-44(64(4,5)6)39-54(68(16,17)18)60(50)74-78-75-61-51(36-45(65(7,8)9)40-55(61)69(19,20)21)52-37-46(66(10,11)12)41-56(62(52)76-78)70(22,23)24/h25-41H,42H2,1-24H3. The molecular weight excluding hydrogens is 997 g/mol. The predicted octanol–water partition coefficient (Wildman–Crippen LogP) is 21.9. The average Bonchev–Trinajstić information content (AvgIpc) is 3.45. The molecule has 6 nitrogen and oxygen atoms in total. The third kappa shape index (κ3) is 11.9. The highest BCUT2D eigenvalue weighted by Gasteiger charge is 2.39. The lowest BCUT2D eigenvalue weighted by Crippen LogP contribution is -2.27. The molecule has 0 saturated carbocycles. The number of benzene rings is 6. The van der Waals surface area contributed by atoms with E-state index in [1.54, 1.807) is 0 Å². The van der Waals surface area contributed by atoms with Gasteiger partial charge in [-0.25, -0.2) is 0 Å². The van der Waals surface area contributed by atoms with E-state index in [2.05, 4.69) is 250 Å². The molecule has 6 aromatic carbocycles. The van der Waals surface area contributed by atoms with Crippen LogP contribution in [-0.2, 0) is 43.3 Å². The lowest BCUT2D eigenvalue weighted by Gasteiger charge is -2.39. The molecule has 2 heterocycles. The van der Waals surface area contributed by atoms with Crippen molar-refractivity contribution in [3.8, 4) is 22.6 Å². The van der Waals surface area contributed by atoms with Crippen LogP contribution in [0.25, 0.3) is 33.1 Å². The molecule has 0 amide bonds. The van der Waals surface area contributed by atoms with Crippen LogP contribution in [0.2, 0.25) is 0 Å². The highest BCUT2D eigenvalue weighted by molar-refractivity contribution is 7.56. The van der Waals surface area contributed by atoms with Crippen LogP contribution in [0.3, 0.4) is 0 Å². The van der Waals surface area contributed by atoms with Gasteiger partial charge in [0.25, 0.3) is 0 Å². The molecule has 1 unspecified atom stereocenters. The van der Waals surface area contributed by atoms with Gasteiger partial charge in [0, 0.05) is 55.4 Å². The van der Waals surface area contributed by atoms with Crippen molar-refractivity contribution in [2.45, 2.75) is 209 Å². The molecule has 0 fully saturated rings. The molecule has 0 radical (unpaired) electrons. The maximum absolute atomic E-state index is 14.4. The Kier molecular flexibility index (Phi) is 15.1. The molecule has 1 aromatic heterocycles. The molecular formula is C70H91NO5P2. The minimum absolute atomic E-state index is 0.0716. The molecule has 0 aliphatic carbocycles. The van der Waals surface area contributed by atoms with E-state index in [-0.39, 0.29) is 49.9 Å². The molecule has 8 heteroatoms. The average molecular weight is 1090 g/mol. The molecule has 8 rings (SSSR count). The van der Waals surface area contributed by atoms with Crippen molar-refractivity contribution in [1.82, 2.24) is 0 Å². The summed E-state index contributed by atoms with van der Waals surface area (Å²) in [5.74, 6) is 1.50. The Hall–Kier alpha value is -5.28. The van der Waals surface area contributed by atoms with Crippen molar-refractivity contribution in [2.75, 3.05) is 10.8 Å². The van der Waals surface area contributed by atoms with E-state index >= 15 is 0 Å². The Morgan fingerprint density at radius 3 is 1.15 bits per heavy atom. The van der Waals surface area contributed by atoms with Gasteiger partial charge in [0.05, 0.1) is 11.8 Å². The summed E-state index contributed by atoms with van der Waals surface area (Å²) < 4.78 is 33.1. The Morgan fingerprint density at radius 1 is 0.397 bits per heavy atom. The van der Waals surface area contributed by atoms with Gasteiger partial charge in [-0.15, -0.1) is 0 Å². The molecule has 1 atom stereocenters. The van der Waals surface area contributed by atoms with Crippen molar-refractivity contribution in [3.05, 3.63) is 153 Å². The monoisotopic (exact) mass is 1090 g/mol. The zero-order chi connectivity index (χ0) is 57.8. The summed E-state index contributed by atoms with van der Waals surface area (Å²) in [6, 6.07) is 37.1. The van der Waals surface area contributed by atoms with Crippen LogP contribution >= 0.6 is 16.5 Å². The van der Waals surface area contributed by atoms with Crippen LogP contribution in [0.4, 0.5) is 11.4 Å². The van der Waals surface area contributed by atoms with Gasteiger partial charge in [-0.1, -0.05) is 221 Å². The summed E-state index contributed by atoms with van der Waals surface area (Å²) >= 11 is 0. The fourth-order valence-corrected chi connectivity index (χ4v) is 13.3. The summed E-state index contributed by atoms with van der Waals surface area (Å²) in [6.07, 6.45) is 0.218. The maximum atomic E-state index is 14.4. The largest absolute Gasteiger partial charge is 0.453 e. The van der Waals surface area contributed by atoms with Gasteiger partial charge in [-0.3, -0.25) is 9.46 Å². The van der Waals surface area contributed by atoms with E-state index in [1.807, 2.05) is 24.3 Å². The summed E-state index contributed by atoms with van der Waals surface area (Å²) in [4.78, 5) is 14.4. The molecule has 78 heavy (non-hydrogen) atoms. The Bertz CT molecular complexity index is 3380. The van der Waals surface area contributed by atoms with Crippen molar-refractivity contribution < 1.29 is 22.2 Å². The number of carbonyl (C=O) groups excluding carboxylic acids is 1. The third-order valence-electron chi connectivity index (χ3n) is 15.3. The summed E-state index contributed by atoms with van der Waals surface area (Å²) in [7, 11) is -3.83. The van der Waals surface area contributed by atoms with E-state index < -0.39 is 22.0 Å². The number of carbonyl (C=O) groups is 1. The highest BCUT2D eigenvalue weighted by Crippen LogP contribution is 2.59. The molecule has 416 valence electrons. The van der Waals surface area contributed by atoms with Crippen LogP contribution in [-0.4, -0.2) is 11.9 Å². The fourth-order valence-electron chi connectivity index (χ4n) is 10.3. The normalized spacial score (nSPS) is 15.3. The zero-order valence-electron chi connectivity index (χ0n) is 51.9. The second-order valence-electron chi connectivity index (χ2n) is 30.3. The minimum Gasteiger partial charge on any atom is -0.451 e. The number of rotatable bonds is 6. The Morgan fingerprint density at radius 2 is 0.756 bits per heavy atom. The first-order valence-electron chi connectivity index (χ1n) is 28.2. The van der Waals surface area contributed by atoms with E-state index in [9.17, 15) is 4.79 Å². The molecule has 1 aliphatic heterocycles. The van der Waals surface area contributed by atoms with Gasteiger partial charge in [-0.2, -0.15) is 0 Å². The smallest absolute Gasteiger partial charge is 0.451 e. The number of hydrogen-bond donors (Lipinski definition) is 0. The van der Waals surface area contributed by atoms with Gasteiger partial charge in [0.2, 0.25) is 8.30 Å². The first-order valence-corrected chi connectivity index (χ1v) is 30.7. The summed E-state index contributed by atoms with van der Waals surface area (Å²) in [6.45, 7) is 54.7. The lowest BCUT2D eigenvalue weighted by molar-refractivity contribution is 0.101. The molecule has 7 aromatic rings. The van der Waals surface area contributed by atoms with Crippen molar-refractivity contribution >= 4 is 55.6 Å². The number of ketones is 1. The van der Waals surface area contributed by atoms with E-state index in [4.69, 9.17) is 17.4 Å². The van der Waals surface area contributed by atoms with Gasteiger partial charge in [-0.05, 0) is 114 Å². The number of Topliss-reactive ketones (excluding diaryl/α,β-unsaturated/α-hetero) is 1. The number of hydrogen-bond acceptors (Lipinski definition) is 6. The van der Waals surface area contributed by atoms with Crippen LogP contribution in [0.15, 0.2) is 112 Å². The van der Waals surface area contributed by atoms with Crippen LogP contribution < -0.4 is 13.7 Å². The molecule has 0 saturated heterocycles. The van der Waals surface area contributed by atoms with Crippen molar-refractivity contribution in [3.63, 3.8) is 0 Å². The Labute approximate surface area is 471 Å². The summed E-state index contributed by atoms with van der Waals surface area (Å²) in [5.41, 5.74) is 12.8. The number of para-hydroxylation sites is 2. The van der Waals surface area contributed by atoms with E-state index in [0.717, 1.165) is 72.4 Å². The first kappa shape index (κ1) is 58.9. The van der Waals surface area contributed by atoms with Gasteiger partial charge in [0.15, 0.2) is 5.78 Å². The summed E-state index contributed by atoms with van der Waals surface area (Å²) in [5, 5.41) is 2.04. The lowest BCUT2D eigenvalue weighted by atomic mass is 9.75. The topological polar surface area (TPSA) is 65.1 Å². The van der Waals surface area contributed by atoms with E-state index in [1.165, 1.54) is 22.3 Å². The number of anilines is 2. The third-order valence-corrected chi connectivity index (χ3v) is 18.1. The van der Waals surface area contributed by atoms with Gasteiger partial charge < -0.3 is 17.4 Å². The SMILES string of the molecule is CC(C)(C)c1cc(-c2cc(C(C)(C)C)cc(C(C)(C)C)c2Op2oc3c(C(C)(C)C)cc(C(C)(C)C)cc3c3cc(C(C)(C)C)cc(C(C)(C)C)c3o2)c(OP2CC(=O)c3ccccc3N2c2ccccc2)c(C(C)(C)C)c1. The highest BCUT2D eigenvalue weighted by atomic mass is 31.2. The minimum atomic E-state index is -2.21. The zero-order valence-corrected chi connectivity index (χ0v) is 53.7. The van der Waals surface area contributed by atoms with Crippen molar-refractivity contribution in [2.24, 2.45) is 0 Å². The fraction of sp³-hybridized carbons (Fsp3) is 0.471. The Balaban J connectivity index is 1.56. The molecule has 0 N–H and O–H groups in total. The van der Waals surface area contributed by atoms with Crippen LogP contribution in [0.5, 0.6) is 11.5 Å². The molecule has 0 spiro atoms. The molecule has 1 aliphatic rings. The van der Waals surface area contributed by atoms with E-state index in [0.29, 0.717) is 11.3 Å². The predicted molar refractivity (Wildman–Crippen MR) is 336 cm³/mol. The first-order chi connectivity index (χ1) is 35.6. The number of fused-ring (bicyclic) bond motifs is 4. The number of nitrogens with zero attached hydrogens (tertiary/aromatic N) is 1. The second-order valence-corrected chi connectivity index (χ2v) is 32.9. The quantitative estimate of drug-likeness (QED) is 0.155. The maximum Gasteiger partial charge on any atom is 0.453 e. The second kappa shape index (κ2) is 20.1. The molecule has 0 bridgehead atoms. The van der Waals surface area contributed by atoms with Crippen LogP contribution in [0, 0.1) is 0 Å². The van der Waals surface area contributed by atoms with Gasteiger partial charge >= 0.3 is 8.24 Å². The van der Waals surface area contributed by atoms with Crippen LogP contribution in [0.1, 0.15) is 221 Å².